The van der Waals surface area contributed by atoms with Gasteiger partial charge < -0.3 is 26.0 Å². The molecular formula is C45H46N10O10S3. The summed E-state index contributed by atoms with van der Waals surface area (Å²) in [5, 5.41) is 16.7. The Bertz CT molecular complexity index is 2790. The standard InChI is InChI=1S/C38H38N10O7S2.C7H8O3S/c1-3-46-18-19-47(34(52)33(46)51)37(54)41-27(22-14-16-26(39)17-15-22)31(49)40-28-32(50)48-29(25(20-56-35(28)48)21-57-38-42-43-44-45(38)2)36(53)55-30(23-10-6-4-7-11-23)24-12-8-5-9-13-24;1-6-2-4-7(5-3-6)11(8,9)10/h4-17,27-28,30,35H,3,18-21,39H2,1-2H3,(H,40,49)(H,41,54);2-5H,1H3,(H,8,9,10)/t27-,28+,35-;/m0./s1. The first-order valence-electron chi connectivity index (χ1n) is 21.0. The quantitative estimate of drug-likeness (QED) is 0.0329. The number of carbonyl (C=O) groups excluding carboxylic acids is 6. The molecule has 0 spiro atoms. The van der Waals surface area contributed by atoms with Crippen LogP contribution < -0.4 is 16.4 Å². The van der Waals surface area contributed by atoms with E-state index >= 15 is 0 Å². The highest BCUT2D eigenvalue weighted by atomic mass is 32.2. The maximum absolute atomic E-state index is 14.4. The molecule has 23 heteroatoms. The van der Waals surface area contributed by atoms with E-state index in [0.29, 0.717) is 34.3 Å². The number of ether oxygens (including phenoxy) is 1. The molecule has 0 saturated carbocycles. The number of aryl methyl sites for hydroxylation is 2. The topological polar surface area (TPSA) is 269 Å². The number of β-lactam (4-membered cyclic amide) rings is 1. The van der Waals surface area contributed by atoms with Gasteiger partial charge in [0.15, 0.2) is 6.10 Å². The lowest BCUT2D eigenvalue weighted by atomic mass is 10.00. The molecule has 0 aliphatic carbocycles. The Kier molecular flexibility index (Phi) is 15.3. The third kappa shape index (κ3) is 11.0. The van der Waals surface area contributed by atoms with Gasteiger partial charge in [0.2, 0.25) is 11.1 Å². The summed E-state index contributed by atoms with van der Waals surface area (Å²) in [5.74, 6) is -3.31. The molecule has 5 N–H and O–H groups in total. The number of nitrogens with two attached hydrogens (primary N) is 1. The number of imide groups is 1. The van der Waals surface area contributed by atoms with Gasteiger partial charge in [-0.3, -0.25) is 33.5 Å². The zero-order valence-corrected chi connectivity index (χ0v) is 39.2. The Balaban J connectivity index is 0.000000548. The molecule has 354 valence electrons. The molecular weight excluding hydrogens is 937 g/mol. The number of aromatic nitrogens is 4. The van der Waals surface area contributed by atoms with Crippen molar-refractivity contribution >= 4 is 75.0 Å². The van der Waals surface area contributed by atoms with E-state index in [1.807, 2.05) is 67.6 Å². The molecule has 3 aliphatic heterocycles. The van der Waals surface area contributed by atoms with E-state index in [1.165, 1.54) is 62.3 Å². The lowest BCUT2D eigenvalue weighted by molar-refractivity contribution is -0.155. The van der Waals surface area contributed by atoms with Gasteiger partial charge in [0.1, 0.15) is 23.2 Å². The first kappa shape index (κ1) is 48.8. The number of likely N-dealkylation sites (N-methyl/N-ethyl adjacent to an activating group) is 1. The molecule has 3 aliphatic rings. The van der Waals surface area contributed by atoms with Gasteiger partial charge in [0.25, 0.3) is 16.0 Å². The van der Waals surface area contributed by atoms with E-state index in [-0.39, 0.29) is 29.4 Å². The van der Waals surface area contributed by atoms with Gasteiger partial charge in [-0.15, -0.1) is 16.9 Å². The van der Waals surface area contributed by atoms with Crippen molar-refractivity contribution in [2.75, 3.05) is 36.9 Å². The van der Waals surface area contributed by atoms with Crippen molar-refractivity contribution in [3.63, 3.8) is 0 Å². The normalized spacial score (nSPS) is 17.4. The van der Waals surface area contributed by atoms with Crippen LogP contribution in [0.4, 0.5) is 10.5 Å². The maximum Gasteiger partial charge on any atom is 0.356 e. The molecule has 4 aromatic carbocycles. The van der Waals surface area contributed by atoms with Crippen LogP contribution in [0.15, 0.2) is 131 Å². The highest BCUT2D eigenvalue weighted by Gasteiger charge is 2.55. The van der Waals surface area contributed by atoms with E-state index in [1.54, 1.807) is 38.2 Å². The summed E-state index contributed by atoms with van der Waals surface area (Å²) in [7, 11) is -2.33. The number of nitrogens with one attached hydrogen (secondary N) is 2. The third-order valence-corrected chi connectivity index (χ3v) is 14.3. The second-order valence-electron chi connectivity index (χ2n) is 15.5. The van der Waals surface area contributed by atoms with E-state index in [9.17, 15) is 37.2 Å². The number of hydrogen-bond donors (Lipinski definition) is 4. The molecule has 0 unspecified atom stereocenters. The fraction of sp³-hybridized carbons (Fsp3) is 0.267. The minimum atomic E-state index is -4.02. The fourth-order valence-corrected chi connectivity index (χ4v) is 10.1. The van der Waals surface area contributed by atoms with Crippen molar-refractivity contribution in [2.24, 2.45) is 7.05 Å². The van der Waals surface area contributed by atoms with Crippen molar-refractivity contribution in [3.8, 4) is 0 Å². The molecule has 3 atom stereocenters. The lowest BCUT2D eigenvalue weighted by Crippen LogP contribution is -2.71. The van der Waals surface area contributed by atoms with E-state index in [0.717, 1.165) is 21.6 Å². The zero-order chi connectivity index (χ0) is 48.7. The number of benzene rings is 4. The molecule has 8 rings (SSSR count). The zero-order valence-electron chi connectivity index (χ0n) is 36.8. The highest BCUT2D eigenvalue weighted by molar-refractivity contribution is 8.01. The number of hydrogen-bond acceptors (Lipinski definition) is 15. The molecule has 5 aromatic rings. The highest BCUT2D eigenvalue weighted by Crippen LogP contribution is 2.43. The fourth-order valence-electron chi connectivity index (χ4n) is 7.33. The number of piperazine rings is 1. The van der Waals surface area contributed by atoms with E-state index < -0.39 is 69.3 Å². The lowest BCUT2D eigenvalue weighted by Gasteiger charge is -2.50. The Morgan fingerprint density at radius 3 is 2.10 bits per heavy atom. The van der Waals surface area contributed by atoms with Crippen LogP contribution in [0.25, 0.3) is 0 Å². The summed E-state index contributed by atoms with van der Waals surface area (Å²) in [6.07, 6.45) is -0.791. The SMILES string of the molecule is CCN1CCN(C(=O)N[C@H](C(=O)N[C@@H]2C(=O)N3C(C(=O)OC(c4ccccc4)c4ccccc4)=C(CSc4nnnn4C)CS[C@@H]23)c2ccc(N)cc2)C(=O)C1=O.Cc1ccc(S(=O)(=O)O)cc1. The molecule has 1 aromatic heterocycles. The summed E-state index contributed by atoms with van der Waals surface area (Å²) in [6, 6.07) is 27.2. The summed E-state index contributed by atoms with van der Waals surface area (Å²) < 4.78 is 37.3. The molecule has 0 radical (unpaired) electrons. The summed E-state index contributed by atoms with van der Waals surface area (Å²) in [4.78, 5) is 84.8. The third-order valence-electron chi connectivity index (χ3n) is 11.0. The Labute approximate surface area is 399 Å². The predicted molar refractivity (Wildman–Crippen MR) is 249 cm³/mol. The molecule has 2 fully saturated rings. The first-order valence-corrected chi connectivity index (χ1v) is 24.5. The Morgan fingerprint density at radius 2 is 1.53 bits per heavy atom. The Morgan fingerprint density at radius 1 is 0.897 bits per heavy atom. The van der Waals surface area contributed by atoms with Crippen LogP contribution in [0, 0.1) is 6.92 Å². The van der Waals surface area contributed by atoms with Gasteiger partial charge in [-0.05, 0) is 70.8 Å². The van der Waals surface area contributed by atoms with Crippen LogP contribution in [0.5, 0.6) is 0 Å². The molecule has 6 amide bonds. The average Bonchev–Trinajstić information content (AvgIpc) is 3.76. The minimum Gasteiger partial charge on any atom is -0.448 e. The molecule has 68 heavy (non-hydrogen) atoms. The number of tetrazole rings is 1. The molecule has 4 heterocycles. The first-order chi connectivity index (χ1) is 32.5. The maximum atomic E-state index is 14.4. The van der Waals surface area contributed by atoms with Crippen molar-refractivity contribution in [1.82, 2.24) is 45.5 Å². The number of amides is 6. The number of carbonyl (C=O) groups is 6. The number of nitrogen functional groups attached to an aromatic ring is 1. The molecule has 0 bridgehead atoms. The van der Waals surface area contributed by atoms with Gasteiger partial charge in [0, 0.05) is 43.9 Å². The van der Waals surface area contributed by atoms with E-state index in [2.05, 4.69) is 26.2 Å². The summed E-state index contributed by atoms with van der Waals surface area (Å²) in [5.41, 5.74) is 9.71. The van der Waals surface area contributed by atoms with Gasteiger partial charge in [-0.1, -0.05) is 102 Å². The van der Waals surface area contributed by atoms with Crippen LogP contribution in [-0.2, 0) is 45.9 Å². The smallest absolute Gasteiger partial charge is 0.356 e. The van der Waals surface area contributed by atoms with Crippen molar-refractivity contribution in [3.05, 3.63) is 143 Å². The van der Waals surface area contributed by atoms with Gasteiger partial charge in [0.05, 0.1) is 4.90 Å². The van der Waals surface area contributed by atoms with Gasteiger partial charge in [-0.25, -0.2) is 14.3 Å². The summed E-state index contributed by atoms with van der Waals surface area (Å²) >= 11 is 2.65. The second-order valence-corrected chi connectivity index (χ2v) is 19.0. The number of thioether (sulfide) groups is 2. The largest absolute Gasteiger partial charge is 0.448 e. The minimum absolute atomic E-state index is 0.0616. The van der Waals surface area contributed by atoms with E-state index in [4.69, 9.17) is 15.0 Å². The van der Waals surface area contributed by atoms with Crippen LogP contribution >= 0.6 is 23.5 Å². The van der Waals surface area contributed by atoms with Crippen molar-refractivity contribution in [2.45, 2.75) is 47.5 Å². The van der Waals surface area contributed by atoms with Crippen molar-refractivity contribution < 1.29 is 46.5 Å². The summed E-state index contributed by atoms with van der Waals surface area (Å²) in [6.45, 7) is 3.94. The number of fused-ring (bicyclic) bond motifs is 1. The average molecular weight is 983 g/mol. The molecule has 20 nitrogen and oxygen atoms in total. The van der Waals surface area contributed by atoms with Crippen LogP contribution in [0.1, 0.15) is 41.3 Å². The number of urea groups is 1. The second kappa shape index (κ2) is 21.3. The molecule has 2 saturated heterocycles. The van der Waals surface area contributed by atoms with Crippen LogP contribution in [0.2, 0.25) is 0 Å². The monoisotopic (exact) mass is 982 g/mol. The van der Waals surface area contributed by atoms with Crippen molar-refractivity contribution in [1.29, 1.82) is 0 Å². The van der Waals surface area contributed by atoms with Gasteiger partial charge >= 0.3 is 23.8 Å². The van der Waals surface area contributed by atoms with Crippen LogP contribution in [0.3, 0.4) is 0 Å². The van der Waals surface area contributed by atoms with Crippen LogP contribution in [-0.4, -0.2) is 126 Å². The Hall–Kier alpha value is -7.08. The number of anilines is 1. The number of nitrogens with zero attached hydrogens (tertiary/aromatic N) is 7. The number of esters is 1. The predicted octanol–water partition coefficient (Wildman–Crippen LogP) is 3.25. The van der Waals surface area contributed by atoms with Gasteiger partial charge in [-0.2, -0.15) is 8.42 Å². The number of rotatable bonds is 13.